The van der Waals surface area contributed by atoms with Crippen LogP contribution in [0.5, 0.6) is 5.75 Å². The fraction of sp³-hybridized carbons (Fsp3) is 0. The van der Waals surface area contributed by atoms with Crippen molar-refractivity contribution < 1.29 is 34.4 Å². The van der Waals surface area contributed by atoms with Crippen LogP contribution in [0.2, 0.25) is 0 Å². The fourth-order valence-electron chi connectivity index (χ4n) is 1.51. The van der Waals surface area contributed by atoms with Crippen LogP contribution in [0.15, 0.2) is 40.1 Å². The molecule has 0 heterocycles. The number of aromatic hydroxyl groups is 1. The molecule has 7 nitrogen and oxygen atoms in total. The fourth-order valence-corrected chi connectivity index (χ4v) is 2.58. The van der Waals surface area contributed by atoms with Crippen molar-refractivity contribution in [2.24, 2.45) is 0 Å². The average molecular weight is 304 g/mol. The molecule has 102 valence electrons. The van der Waals surface area contributed by atoms with E-state index >= 15 is 0 Å². The molecule has 0 aliphatic heterocycles. The minimum Gasteiger partial charge on any atom is -0.508 e. The molecule has 0 aliphatic rings. The average Bonchev–Trinajstić information content (AvgIpc) is 2.42. The van der Waals surface area contributed by atoms with Gasteiger partial charge in [0.15, 0.2) is 0 Å². The lowest BCUT2D eigenvalue weighted by Crippen LogP contribution is -1.85. The van der Waals surface area contributed by atoms with Crippen LogP contribution in [0.3, 0.4) is 0 Å². The van der Waals surface area contributed by atoms with Crippen LogP contribution in [0.25, 0.3) is 10.8 Å². The smallest absolute Gasteiger partial charge is 0.116 e. The second-order valence-corrected chi connectivity index (χ2v) is 4.80. The van der Waals surface area contributed by atoms with Gasteiger partial charge in [0, 0.05) is 15.2 Å². The summed E-state index contributed by atoms with van der Waals surface area (Å²) in [7, 11) is 0. The van der Waals surface area contributed by atoms with Crippen molar-refractivity contribution >= 4 is 34.9 Å². The Kier molecular flexibility index (Phi) is 5.24. The van der Waals surface area contributed by atoms with E-state index in [4.69, 9.17) is 10.5 Å². The zero-order chi connectivity index (χ0) is 13.7. The van der Waals surface area contributed by atoms with E-state index in [1.165, 1.54) is 12.1 Å². The van der Waals surface area contributed by atoms with Crippen LogP contribution < -0.4 is 0 Å². The molecule has 0 radical (unpaired) electrons. The molecule has 9 heteroatoms. The number of phenolic OH excluding ortho intramolecular Hbond substituents is 1. The Balaban J connectivity index is 2.42. The normalized spacial score (nSPS) is 11.1. The standard InChI is InChI=1S/C10H8O7S2/c11-7-2-1-6-3-8(18-16-14-12)5-10(9(6)4-7)19-17-15-13/h1-5,11-13H. The van der Waals surface area contributed by atoms with Gasteiger partial charge in [0.25, 0.3) is 0 Å². The predicted molar refractivity (Wildman–Crippen MR) is 66.9 cm³/mol. The van der Waals surface area contributed by atoms with Gasteiger partial charge in [0.2, 0.25) is 0 Å². The Bertz CT molecular complexity index is 563. The first kappa shape index (κ1) is 14.4. The van der Waals surface area contributed by atoms with Crippen LogP contribution in [0.1, 0.15) is 0 Å². The third-order valence-electron chi connectivity index (χ3n) is 2.19. The van der Waals surface area contributed by atoms with Crippen molar-refractivity contribution in [2.45, 2.75) is 9.79 Å². The van der Waals surface area contributed by atoms with Crippen molar-refractivity contribution in [1.82, 2.24) is 0 Å². The number of rotatable bonds is 6. The lowest BCUT2D eigenvalue weighted by Gasteiger charge is -2.07. The van der Waals surface area contributed by atoms with Gasteiger partial charge in [-0.25, -0.2) is 10.5 Å². The molecule has 2 rings (SSSR count). The third-order valence-corrected chi connectivity index (χ3v) is 3.39. The summed E-state index contributed by atoms with van der Waals surface area (Å²) in [5, 5.41) is 34.3. The molecule has 0 spiro atoms. The molecule has 0 unspecified atom stereocenters. The molecule has 0 amide bonds. The molecule has 0 bridgehead atoms. The summed E-state index contributed by atoms with van der Waals surface area (Å²) in [5.74, 6) is 0.0922. The molecule has 3 N–H and O–H groups in total. The van der Waals surface area contributed by atoms with Crippen LogP contribution in [0, 0.1) is 0 Å². The largest absolute Gasteiger partial charge is 0.508 e. The maximum absolute atomic E-state index is 9.48. The van der Waals surface area contributed by atoms with E-state index in [-0.39, 0.29) is 5.75 Å². The van der Waals surface area contributed by atoms with E-state index < -0.39 is 0 Å². The van der Waals surface area contributed by atoms with Crippen molar-refractivity contribution in [1.29, 1.82) is 0 Å². The highest BCUT2D eigenvalue weighted by molar-refractivity contribution is 7.95. The number of benzene rings is 2. The zero-order valence-electron chi connectivity index (χ0n) is 9.18. The summed E-state index contributed by atoms with van der Waals surface area (Å²) >= 11 is 1.53. The van der Waals surface area contributed by atoms with Crippen LogP contribution in [-0.2, 0) is 18.7 Å². The van der Waals surface area contributed by atoms with Gasteiger partial charge in [-0.15, -0.1) is 8.67 Å². The molecule has 0 saturated carbocycles. The van der Waals surface area contributed by atoms with Gasteiger partial charge in [-0.05, 0) is 29.7 Å². The molecule has 0 aliphatic carbocycles. The van der Waals surface area contributed by atoms with Gasteiger partial charge >= 0.3 is 0 Å². The van der Waals surface area contributed by atoms with Gasteiger partial charge in [-0.1, -0.05) is 16.1 Å². The first-order chi connectivity index (χ1) is 9.24. The monoisotopic (exact) mass is 304 g/mol. The highest BCUT2D eigenvalue weighted by atomic mass is 32.2. The van der Waals surface area contributed by atoms with Crippen molar-refractivity contribution in [3.63, 3.8) is 0 Å². The maximum Gasteiger partial charge on any atom is 0.116 e. The summed E-state index contributed by atoms with van der Waals surface area (Å²) in [6.07, 6.45) is 0. The molecule has 0 atom stereocenters. The molecule has 0 aromatic heterocycles. The van der Waals surface area contributed by atoms with E-state index in [0.29, 0.717) is 15.2 Å². The summed E-state index contributed by atoms with van der Waals surface area (Å²) < 4.78 is 8.73. The summed E-state index contributed by atoms with van der Waals surface area (Å²) in [5.41, 5.74) is 0. The quantitative estimate of drug-likeness (QED) is 0.421. The number of hydrogen-bond donors (Lipinski definition) is 3. The molecular weight excluding hydrogens is 296 g/mol. The Labute approximate surface area is 115 Å². The van der Waals surface area contributed by atoms with Gasteiger partial charge in [-0.2, -0.15) is 0 Å². The molecule has 19 heavy (non-hydrogen) atoms. The van der Waals surface area contributed by atoms with E-state index in [1.54, 1.807) is 18.2 Å². The summed E-state index contributed by atoms with van der Waals surface area (Å²) in [6, 6.07) is 8.14. The van der Waals surface area contributed by atoms with Gasteiger partial charge < -0.3 is 5.11 Å². The zero-order valence-corrected chi connectivity index (χ0v) is 10.8. The number of hydrogen-bond acceptors (Lipinski definition) is 9. The second kappa shape index (κ2) is 6.93. The van der Waals surface area contributed by atoms with Gasteiger partial charge in [-0.3, -0.25) is 0 Å². The molecule has 0 saturated heterocycles. The SMILES string of the molecule is OOOSc1cc(SOOO)c2cc(O)ccc2c1. The van der Waals surface area contributed by atoms with Crippen molar-refractivity contribution in [3.8, 4) is 5.75 Å². The van der Waals surface area contributed by atoms with E-state index in [2.05, 4.69) is 18.7 Å². The second-order valence-electron chi connectivity index (χ2n) is 3.28. The Morgan fingerprint density at radius 3 is 2.37 bits per heavy atom. The van der Waals surface area contributed by atoms with Crippen LogP contribution >= 0.6 is 24.1 Å². The van der Waals surface area contributed by atoms with Crippen molar-refractivity contribution in [3.05, 3.63) is 30.3 Å². The molecule has 0 fully saturated rings. The highest BCUT2D eigenvalue weighted by Gasteiger charge is 2.09. The third kappa shape index (κ3) is 3.72. The number of phenols is 1. The summed E-state index contributed by atoms with van der Waals surface area (Å²) in [4.78, 5) is 1.17. The van der Waals surface area contributed by atoms with Crippen LogP contribution in [-0.4, -0.2) is 15.6 Å². The Morgan fingerprint density at radius 2 is 1.63 bits per heavy atom. The molecular formula is C10H8O7S2. The lowest BCUT2D eigenvalue weighted by atomic mass is 10.1. The maximum atomic E-state index is 9.48. The topological polar surface area (TPSA) is 97.6 Å². The Morgan fingerprint density at radius 1 is 0.895 bits per heavy atom. The van der Waals surface area contributed by atoms with E-state index in [0.717, 1.165) is 29.5 Å². The Hall–Kier alpha value is -1.04. The highest BCUT2D eigenvalue weighted by Crippen LogP contribution is 2.35. The number of fused-ring (bicyclic) bond motifs is 1. The van der Waals surface area contributed by atoms with Crippen LogP contribution in [0.4, 0.5) is 0 Å². The predicted octanol–water partition coefficient (Wildman–Crippen LogP) is 3.40. The first-order valence-electron chi connectivity index (χ1n) is 4.81. The van der Waals surface area contributed by atoms with E-state index in [9.17, 15) is 5.11 Å². The lowest BCUT2D eigenvalue weighted by molar-refractivity contribution is -0.432. The molecule has 2 aromatic carbocycles. The summed E-state index contributed by atoms with van der Waals surface area (Å²) in [6.45, 7) is 0. The van der Waals surface area contributed by atoms with Gasteiger partial charge in [0.05, 0.1) is 24.1 Å². The van der Waals surface area contributed by atoms with E-state index in [1.807, 2.05) is 0 Å². The first-order valence-corrected chi connectivity index (χ1v) is 6.29. The van der Waals surface area contributed by atoms with Crippen molar-refractivity contribution in [2.75, 3.05) is 0 Å². The van der Waals surface area contributed by atoms with Gasteiger partial charge in [0.1, 0.15) is 5.75 Å². The minimum atomic E-state index is 0.0922. The minimum absolute atomic E-state index is 0.0922. The molecule has 2 aromatic rings.